The van der Waals surface area contributed by atoms with Gasteiger partial charge in [-0.3, -0.25) is 0 Å². The number of hydrogen-bond donors (Lipinski definition) is 1. The van der Waals surface area contributed by atoms with Crippen LogP contribution in [0.5, 0.6) is 5.75 Å². The largest absolute Gasteiger partial charge is 0.497 e. The lowest BCUT2D eigenvalue weighted by Crippen LogP contribution is -2.24. The first-order chi connectivity index (χ1) is 7.26. The van der Waals surface area contributed by atoms with Crippen molar-refractivity contribution in [1.29, 1.82) is 5.26 Å². The van der Waals surface area contributed by atoms with Gasteiger partial charge in [0.05, 0.1) is 19.6 Å². The monoisotopic (exact) mass is 204 g/mol. The van der Waals surface area contributed by atoms with Gasteiger partial charge in [0.1, 0.15) is 5.75 Å². The number of nitrogens with one attached hydrogen (secondary N) is 1. The molecule has 1 aromatic rings. The van der Waals surface area contributed by atoms with Crippen LogP contribution in [-0.2, 0) is 6.54 Å². The molecule has 0 aliphatic rings. The minimum atomic E-state index is 0.223. The number of rotatable bonds is 5. The highest BCUT2D eigenvalue weighted by Crippen LogP contribution is 2.12. The normalized spacial score (nSPS) is 11.8. The van der Waals surface area contributed by atoms with Crippen LogP contribution in [0.1, 0.15) is 18.9 Å². The molecule has 0 radical (unpaired) electrons. The molecular weight excluding hydrogens is 188 g/mol. The third-order valence-corrected chi connectivity index (χ3v) is 2.19. The Kier molecular flexibility index (Phi) is 4.65. The van der Waals surface area contributed by atoms with Crippen LogP contribution in [0.3, 0.4) is 0 Å². The van der Waals surface area contributed by atoms with Crippen LogP contribution in [0.25, 0.3) is 0 Å². The molecule has 3 nitrogen and oxygen atoms in total. The fourth-order valence-corrected chi connectivity index (χ4v) is 1.28. The lowest BCUT2D eigenvalue weighted by Gasteiger charge is -2.10. The average Bonchev–Trinajstić information content (AvgIpc) is 2.27. The molecule has 1 aromatic carbocycles. The Labute approximate surface area is 90.7 Å². The van der Waals surface area contributed by atoms with E-state index in [1.165, 1.54) is 5.56 Å². The van der Waals surface area contributed by atoms with Gasteiger partial charge >= 0.3 is 0 Å². The Balaban J connectivity index is 2.47. The van der Waals surface area contributed by atoms with Crippen LogP contribution in [0.4, 0.5) is 0 Å². The number of nitrogens with zero attached hydrogens (tertiary/aromatic N) is 1. The molecule has 0 saturated heterocycles. The van der Waals surface area contributed by atoms with E-state index in [0.29, 0.717) is 6.42 Å². The van der Waals surface area contributed by atoms with Crippen molar-refractivity contribution in [3.8, 4) is 11.8 Å². The molecule has 0 spiro atoms. The van der Waals surface area contributed by atoms with E-state index in [9.17, 15) is 0 Å². The molecule has 3 heteroatoms. The molecule has 0 bridgehead atoms. The number of ether oxygens (including phenoxy) is 1. The maximum Gasteiger partial charge on any atom is 0.119 e. The van der Waals surface area contributed by atoms with E-state index in [1.807, 2.05) is 31.2 Å². The molecule has 1 atom stereocenters. The molecule has 1 N–H and O–H groups in total. The molecule has 0 aromatic heterocycles. The summed E-state index contributed by atoms with van der Waals surface area (Å²) in [6, 6.07) is 10.3. The topological polar surface area (TPSA) is 45.0 Å². The lowest BCUT2D eigenvalue weighted by molar-refractivity contribution is 0.414. The maximum atomic E-state index is 8.51. The van der Waals surface area contributed by atoms with Crippen molar-refractivity contribution in [2.45, 2.75) is 25.9 Å². The second kappa shape index (κ2) is 6.05. The van der Waals surface area contributed by atoms with Crippen molar-refractivity contribution in [2.75, 3.05) is 7.11 Å². The second-order valence-electron chi connectivity index (χ2n) is 3.50. The molecule has 0 aliphatic carbocycles. The minimum Gasteiger partial charge on any atom is -0.497 e. The second-order valence-corrected chi connectivity index (χ2v) is 3.50. The zero-order valence-corrected chi connectivity index (χ0v) is 9.16. The maximum absolute atomic E-state index is 8.51. The summed E-state index contributed by atoms with van der Waals surface area (Å²) >= 11 is 0. The number of benzene rings is 1. The highest BCUT2D eigenvalue weighted by atomic mass is 16.5. The Hall–Kier alpha value is -1.53. The molecule has 0 fully saturated rings. The first-order valence-electron chi connectivity index (χ1n) is 4.99. The summed E-state index contributed by atoms with van der Waals surface area (Å²) in [5.41, 5.74) is 1.17. The van der Waals surface area contributed by atoms with Gasteiger partial charge in [-0.15, -0.1) is 0 Å². The van der Waals surface area contributed by atoms with Gasteiger partial charge in [-0.05, 0) is 24.6 Å². The van der Waals surface area contributed by atoms with Gasteiger partial charge < -0.3 is 10.1 Å². The first kappa shape index (κ1) is 11.5. The number of methoxy groups -OCH3 is 1. The number of hydrogen-bond acceptors (Lipinski definition) is 3. The van der Waals surface area contributed by atoms with Gasteiger partial charge in [-0.1, -0.05) is 12.1 Å². The fraction of sp³-hybridized carbons (Fsp3) is 0.417. The van der Waals surface area contributed by atoms with Crippen molar-refractivity contribution < 1.29 is 4.74 Å². The van der Waals surface area contributed by atoms with Gasteiger partial charge in [0, 0.05) is 12.6 Å². The van der Waals surface area contributed by atoms with Crippen molar-refractivity contribution in [2.24, 2.45) is 0 Å². The molecule has 0 amide bonds. The molecule has 0 aliphatic heterocycles. The van der Waals surface area contributed by atoms with Gasteiger partial charge in [-0.2, -0.15) is 5.26 Å². The molecule has 1 rings (SSSR count). The van der Waals surface area contributed by atoms with Crippen molar-refractivity contribution >= 4 is 0 Å². The average molecular weight is 204 g/mol. The quantitative estimate of drug-likeness (QED) is 0.798. The predicted molar refractivity (Wildman–Crippen MR) is 59.5 cm³/mol. The van der Waals surface area contributed by atoms with E-state index >= 15 is 0 Å². The third-order valence-electron chi connectivity index (χ3n) is 2.19. The summed E-state index contributed by atoms with van der Waals surface area (Å²) in [6.07, 6.45) is 0.532. The van der Waals surface area contributed by atoms with Crippen molar-refractivity contribution in [3.05, 3.63) is 29.8 Å². The van der Waals surface area contributed by atoms with E-state index in [4.69, 9.17) is 10.00 Å². The minimum absolute atomic E-state index is 0.223. The first-order valence-corrected chi connectivity index (χ1v) is 4.99. The number of nitriles is 1. The standard InChI is InChI=1S/C12H16N2O/c1-10(6-7-13)14-9-11-4-3-5-12(8-11)15-2/h3-5,8,10,14H,6,9H2,1-2H3. The van der Waals surface area contributed by atoms with Gasteiger partial charge in [0.15, 0.2) is 0 Å². The summed E-state index contributed by atoms with van der Waals surface area (Å²) in [7, 11) is 1.66. The summed E-state index contributed by atoms with van der Waals surface area (Å²) in [5.74, 6) is 0.863. The molecule has 1 unspecified atom stereocenters. The van der Waals surface area contributed by atoms with Crippen molar-refractivity contribution in [1.82, 2.24) is 5.32 Å². The van der Waals surface area contributed by atoms with Gasteiger partial charge in [0.25, 0.3) is 0 Å². The van der Waals surface area contributed by atoms with E-state index in [2.05, 4.69) is 11.4 Å². The zero-order chi connectivity index (χ0) is 11.1. The fourth-order valence-electron chi connectivity index (χ4n) is 1.28. The van der Waals surface area contributed by atoms with Crippen LogP contribution >= 0.6 is 0 Å². The predicted octanol–water partition coefficient (Wildman–Crippen LogP) is 2.09. The Morgan fingerprint density at radius 1 is 1.53 bits per heavy atom. The Morgan fingerprint density at radius 3 is 3.00 bits per heavy atom. The van der Waals surface area contributed by atoms with Crippen LogP contribution in [0.15, 0.2) is 24.3 Å². The molecule has 15 heavy (non-hydrogen) atoms. The van der Waals surface area contributed by atoms with E-state index < -0.39 is 0 Å². The van der Waals surface area contributed by atoms with Gasteiger partial charge in [0.2, 0.25) is 0 Å². The van der Waals surface area contributed by atoms with Crippen molar-refractivity contribution in [3.63, 3.8) is 0 Å². The van der Waals surface area contributed by atoms with Crippen LogP contribution < -0.4 is 10.1 Å². The van der Waals surface area contributed by atoms with E-state index in [0.717, 1.165) is 12.3 Å². The molecule has 80 valence electrons. The SMILES string of the molecule is COc1cccc(CNC(C)CC#N)c1. The lowest BCUT2D eigenvalue weighted by atomic mass is 10.2. The van der Waals surface area contributed by atoms with E-state index in [1.54, 1.807) is 7.11 Å². The Morgan fingerprint density at radius 2 is 2.33 bits per heavy atom. The molecular formula is C12H16N2O. The van der Waals surface area contributed by atoms with Crippen LogP contribution in [0.2, 0.25) is 0 Å². The molecule has 0 saturated carbocycles. The van der Waals surface area contributed by atoms with Crippen LogP contribution in [0, 0.1) is 11.3 Å². The highest BCUT2D eigenvalue weighted by Gasteiger charge is 2.00. The molecule has 0 heterocycles. The van der Waals surface area contributed by atoms with E-state index in [-0.39, 0.29) is 6.04 Å². The third kappa shape index (κ3) is 4.01. The van der Waals surface area contributed by atoms with Gasteiger partial charge in [-0.25, -0.2) is 0 Å². The summed E-state index contributed by atoms with van der Waals surface area (Å²) in [4.78, 5) is 0. The summed E-state index contributed by atoms with van der Waals surface area (Å²) in [6.45, 7) is 2.77. The zero-order valence-electron chi connectivity index (χ0n) is 9.16. The summed E-state index contributed by atoms with van der Waals surface area (Å²) < 4.78 is 5.13. The summed E-state index contributed by atoms with van der Waals surface area (Å²) in [5, 5.41) is 11.8. The van der Waals surface area contributed by atoms with Crippen LogP contribution in [-0.4, -0.2) is 13.2 Å². The Bertz CT molecular complexity index is 344. The smallest absolute Gasteiger partial charge is 0.119 e. The highest BCUT2D eigenvalue weighted by molar-refractivity contribution is 5.28.